The van der Waals surface area contributed by atoms with Gasteiger partial charge in [-0.2, -0.15) is 0 Å². The van der Waals surface area contributed by atoms with Crippen LogP contribution in [0.25, 0.3) is 0 Å². The number of carboxylic acid groups (broad SMARTS) is 1. The minimum atomic E-state index is -3.51. The number of hydrogen-bond acceptors (Lipinski definition) is 4. The Morgan fingerprint density at radius 1 is 1.07 bits per heavy atom. The summed E-state index contributed by atoms with van der Waals surface area (Å²) in [6, 6.07) is 12.2. The van der Waals surface area contributed by atoms with E-state index in [1.165, 1.54) is 0 Å². The van der Waals surface area contributed by atoms with Gasteiger partial charge in [-0.25, -0.2) is 13.1 Å². The zero-order valence-electron chi connectivity index (χ0n) is 15.3. The first kappa shape index (κ1) is 21.1. The van der Waals surface area contributed by atoms with E-state index < -0.39 is 16.0 Å². The summed E-state index contributed by atoms with van der Waals surface area (Å²) in [7, 11) is -3.51. The van der Waals surface area contributed by atoms with Gasteiger partial charge in [-0.05, 0) is 48.9 Å². The third kappa shape index (κ3) is 7.88. The summed E-state index contributed by atoms with van der Waals surface area (Å²) in [6.45, 7) is 0.348. The highest BCUT2D eigenvalue weighted by molar-refractivity contribution is 7.89. The predicted molar refractivity (Wildman–Crippen MR) is 104 cm³/mol. The maximum atomic E-state index is 12.3. The Balaban J connectivity index is 1.89. The molecule has 0 bridgehead atoms. The zero-order valence-corrected chi connectivity index (χ0v) is 16.1. The zero-order chi connectivity index (χ0) is 19.5. The van der Waals surface area contributed by atoms with Crippen molar-refractivity contribution in [2.75, 3.05) is 6.54 Å². The molecule has 1 heterocycles. The van der Waals surface area contributed by atoms with Gasteiger partial charge in [0, 0.05) is 25.4 Å². The maximum absolute atomic E-state index is 12.3. The van der Waals surface area contributed by atoms with Crippen molar-refractivity contribution in [2.45, 2.75) is 43.4 Å². The van der Waals surface area contributed by atoms with Crippen LogP contribution in [0.5, 0.6) is 0 Å². The average Bonchev–Trinajstić information content (AvgIpc) is 2.66. The fourth-order valence-electron chi connectivity index (χ4n) is 2.99. The summed E-state index contributed by atoms with van der Waals surface area (Å²) in [5, 5.41) is 8.77. The molecular formula is C20H26N2O4S. The van der Waals surface area contributed by atoms with Crippen molar-refractivity contribution in [1.82, 2.24) is 9.71 Å². The number of aromatic nitrogens is 1. The van der Waals surface area contributed by atoms with E-state index in [1.807, 2.05) is 18.3 Å². The van der Waals surface area contributed by atoms with Crippen LogP contribution in [0.2, 0.25) is 0 Å². The highest BCUT2D eigenvalue weighted by Crippen LogP contribution is 2.19. The number of nitrogens with zero attached hydrogens (tertiary/aromatic N) is 1. The van der Waals surface area contributed by atoms with Gasteiger partial charge in [0.15, 0.2) is 0 Å². The van der Waals surface area contributed by atoms with E-state index in [1.54, 1.807) is 36.5 Å². The molecule has 1 aromatic carbocycles. The molecule has 6 nitrogen and oxygen atoms in total. The van der Waals surface area contributed by atoms with Crippen LogP contribution < -0.4 is 4.72 Å². The minimum Gasteiger partial charge on any atom is -0.481 e. The van der Waals surface area contributed by atoms with Crippen LogP contribution in [-0.2, 0) is 21.2 Å². The molecular weight excluding hydrogens is 364 g/mol. The smallest absolute Gasteiger partial charge is 0.303 e. The monoisotopic (exact) mass is 390 g/mol. The van der Waals surface area contributed by atoms with E-state index >= 15 is 0 Å². The van der Waals surface area contributed by atoms with Crippen LogP contribution in [0, 0.1) is 5.92 Å². The first-order valence-electron chi connectivity index (χ1n) is 9.13. The lowest BCUT2D eigenvalue weighted by molar-refractivity contribution is -0.137. The van der Waals surface area contributed by atoms with E-state index in [0.717, 1.165) is 24.8 Å². The topological polar surface area (TPSA) is 96.4 Å². The number of carbonyl (C=O) groups is 1. The van der Waals surface area contributed by atoms with Crippen LogP contribution in [0.3, 0.4) is 0 Å². The molecule has 2 rings (SSSR count). The van der Waals surface area contributed by atoms with Gasteiger partial charge >= 0.3 is 5.97 Å². The van der Waals surface area contributed by atoms with Gasteiger partial charge in [-0.1, -0.05) is 37.1 Å². The second-order valence-corrected chi connectivity index (χ2v) is 8.34. The molecule has 2 aromatic rings. The van der Waals surface area contributed by atoms with Crippen molar-refractivity contribution in [1.29, 1.82) is 0 Å². The SMILES string of the molecule is O=C(O)CCCCC(CCNS(=O)(=O)c1ccccc1)Cc1cccnc1. The quantitative estimate of drug-likeness (QED) is 0.542. The van der Waals surface area contributed by atoms with E-state index in [-0.39, 0.29) is 17.2 Å². The lowest BCUT2D eigenvalue weighted by Crippen LogP contribution is -2.26. The van der Waals surface area contributed by atoms with Crippen LogP contribution in [0.4, 0.5) is 0 Å². The first-order valence-corrected chi connectivity index (χ1v) is 10.6. The van der Waals surface area contributed by atoms with Crippen molar-refractivity contribution in [3.63, 3.8) is 0 Å². The molecule has 1 atom stereocenters. The summed E-state index contributed by atoms with van der Waals surface area (Å²) in [5.74, 6) is -0.518. The molecule has 0 aliphatic rings. The van der Waals surface area contributed by atoms with Gasteiger partial charge in [0.2, 0.25) is 10.0 Å². The molecule has 27 heavy (non-hydrogen) atoms. The molecule has 146 valence electrons. The molecule has 2 N–H and O–H groups in total. The van der Waals surface area contributed by atoms with E-state index in [2.05, 4.69) is 9.71 Å². The van der Waals surface area contributed by atoms with E-state index in [0.29, 0.717) is 19.4 Å². The molecule has 0 fully saturated rings. The number of sulfonamides is 1. The maximum Gasteiger partial charge on any atom is 0.303 e. The van der Waals surface area contributed by atoms with Crippen LogP contribution in [0.15, 0.2) is 59.8 Å². The van der Waals surface area contributed by atoms with Gasteiger partial charge in [0.1, 0.15) is 0 Å². The number of rotatable bonds is 12. The Labute approximate surface area is 160 Å². The van der Waals surface area contributed by atoms with E-state index in [4.69, 9.17) is 5.11 Å². The molecule has 0 aliphatic carbocycles. The fraction of sp³-hybridized carbons (Fsp3) is 0.400. The third-order valence-corrected chi connectivity index (χ3v) is 5.88. The molecule has 0 saturated heterocycles. The summed E-state index contributed by atoms with van der Waals surface area (Å²) < 4.78 is 27.3. The van der Waals surface area contributed by atoms with Crippen molar-refractivity contribution in [2.24, 2.45) is 5.92 Å². The fourth-order valence-corrected chi connectivity index (χ4v) is 4.06. The summed E-state index contributed by atoms with van der Waals surface area (Å²) in [6.07, 6.45) is 7.49. The number of benzene rings is 1. The molecule has 0 aliphatic heterocycles. The standard InChI is InChI=1S/C20H26N2O4S/c23-20(24)11-5-4-7-17(15-18-8-6-13-21-16-18)12-14-22-27(25,26)19-9-2-1-3-10-19/h1-3,6,8-10,13,16-17,22H,4-5,7,11-12,14-15H2,(H,23,24). The highest BCUT2D eigenvalue weighted by Gasteiger charge is 2.15. The van der Waals surface area contributed by atoms with Gasteiger partial charge in [0.25, 0.3) is 0 Å². The molecule has 0 saturated carbocycles. The van der Waals surface area contributed by atoms with Crippen LogP contribution in [-0.4, -0.2) is 31.0 Å². The summed E-state index contributed by atoms with van der Waals surface area (Å²) in [5.41, 5.74) is 1.10. The number of hydrogen-bond donors (Lipinski definition) is 2. The summed E-state index contributed by atoms with van der Waals surface area (Å²) >= 11 is 0. The second-order valence-electron chi connectivity index (χ2n) is 6.57. The van der Waals surface area contributed by atoms with Crippen molar-refractivity contribution < 1.29 is 18.3 Å². The third-order valence-electron chi connectivity index (χ3n) is 4.40. The number of carboxylic acids is 1. The van der Waals surface area contributed by atoms with Crippen molar-refractivity contribution in [3.05, 3.63) is 60.4 Å². The largest absolute Gasteiger partial charge is 0.481 e. The number of aliphatic carboxylic acids is 1. The van der Waals surface area contributed by atoms with Crippen molar-refractivity contribution >= 4 is 16.0 Å². The van der Waals surface area contributed by atoms with Crippen LogP contribution >= 0.6 is 0 Å². The number of pyridine rings is 1. The molecule has 1 aromatic heterocycles. The Hall–Kier alpha value is -2.25. The molecule has 1 unspecified atom stereocenters. The average molecular weight is 391 g/mol. The number of nitrogens with one attached hydrogen (secondary N) is 1. The van der Waals surface area contributed by atoms with Crippen molar-refractivity contribution in [3.8, 4) is 0 Å². The summed E-state index contributed by atoms with van der Waals surface area (Å²) in [4.78, 5) is 15.1. The Morgan fingerprint density at radius 3 is 2.52 bits per heavy atom. The van der Waals surface area contributed by atoms with E-state index in [9.17, 15) is 13.2 Å². The minimum absolute atomic E-state index is 0.167. The Bertz CT molecular complexity index is 795. The first-order chi connectivity index (χ1) is 13.0. The lowest BCUT2D eigenvalue weighted by atomic mass is 9.91. The Kier molecular flexibility index (Phi) is 8.42. The second kappa shape index (κ2) is 10.8. The van der Waals surface area contributed by atoms with Gasteiger partial charge in [0.05, 0.1) is 4.90 Å². The van der Waals surface area contributed by atoms with Gasteiger partial charge < -0.3 is 5.11 Å². The molecule has 0 radical (unpaired) electrons. The van der Waals surface area contributed by atoms with Gasteiger partial charge in [-0.15, -0.1) is 0 Å². The van der Waals surface area contributed by atoms with Crippen LogP contribution in [0.1, 0.15) is 37.7 Å². The van der Waals surface area contributed by atoms with Gasteiger partial charge in [-0.3, -0.25) is 9.78 Å². The number of unbranched alkanes of at least 4 members (excludes halogenated alkanes) is 1. The normalized spacial score (nSPS) is 12.6. The Morgan fingerprint density at radius 2 is 1.85 bits per heavy atom. The molecule has 7 heteroatoms. The molecule has 0 amide bonds. The molecule has 0 spiro atoms. The predicted octanol–water partition coefficient (Wildman–Crippen LogP) is 3.25. The highest BCUT2D eigenvalue weighted by atomic mass is 32.2. The lowest BCUT2D eigenvalue weighted by Gasteiger charge is -2.17.